The van der Waals surface area contributed by atoms with Gasteiger partial charge in [-0.15, -0.1) is 11.8 Å². The van der Waals surface area contributed by atoms with Crippen molar-refractivity contribution in [2.45, 2.75) is 55.8 Å². The quantitative estimate of drug-likeness (QED) is 0.829. The summed E-state index contributed by atoms with van der Waals surface area (Å²) in [6, 6.07) is 11.5. The Morgan fingerprint density at radius 3 is 2.86 bits per heavy atom. The minimum Gasteiger partial charge on any atom is -0.350 e. The molecule has 3 atom stereocenters. The van der Waals surface area contributed by atoms with Crippen LogP contribution in [0.4, 0.5) is 0 Å². The van der Waals surface area contributed by atoms with Gasteiger partial charge in [0.05, 0.1) is 5.03 Å². The molecule has 1 fully saturated rings. The van der Waals surface area contributed by atoms with E-state index in [-0.39, 0.29) is 0 Å². The molecule has 114 valence electrons. The van der Waals surface area contributed by atoms with Gasteiger partial charge in [0, 0.05) is 22.2 Å². The molecule has 2 aromatic rings. The third kappa shape index (κ3) is 3.46. The highest BCUT2D eigenvalue weighted by Gasteiger charge is 2.30. The lowest BCUT2D eigenvalue weighted by molar-refractivity contribution is 0.297. The molecule has 1 aliphatic carbocycles. The number of nitrogens with one attached hydrogen (secondary N) is 2. The summed E-state index contributed by atoms with van der Waals surface area (Å²) < 4.78 is 0. The Hall–Kier alpha value is -0.930. The van der Waals surface area contributed by atoms with Crippen LogP contribution in [-0.4, -0.2) is 22.8 Å². The second-order valence-electron chi connectivity index (χ2n) is 6.13. The Balaban J connectivity index is 1.75. The Morgan fingerprint density at radius 2 is 2.10 bits per heavy atom. The third-order valence-corrected chi connectivity index (χ3v) is 6.03. The van der Waals surface area contributed by atoms with Crippen molar-refractivity contribution in [3.63, 3.8) is 0 Å². The van der Waals surface area contributed by atoms with Crippen LogP contribution in [0.2, 0.25) is 0 Å². The fourth-order valence-electron chi connectivity index (χ4n) is 3.48. The standard InChI is InChI=1S/C18H26N2S/c1-3-13-9-10-16(19-4-2)17(11-13)21-18-12-14-7-5-6-8-15(14)20-18/h5-8,12-13,16-17,19-20H,3-4,9-11H2,1-2H3. The van der Waals surface area contributed by atoms with Gasteiger partial charge in [-0.1, -0.05) is 38.5 Å². The molecule has 1 aliphatic rings. The highest BCUT2D eigenvalue weighted by Crippen LogP contribution is 2.38. The lowest BCUT2D eigenvalue weighted by Gasteiger charge is -2.35. The Kier molecular flexibility index (Phi) is 4.91. The first kappa shape index (κ1) is 15.0. The van der Waals surface area contributed by atoms with Gasteiger partial charge in [0.1, 0.15) is 0 Å². The highest BCUT2D eigenvalue weighted by molar-refractivity contribution is 7.99. The van der Waals surface area contributed by atoms with Crippen LogP contribution in [0.3, 0.4) is 0 Å². The molecule has 2 nitrogen and oxygen atoms in total. The van der Waals surface area contributed by atoms with Gasteiger partial charge < -0.3 is 10.3 Å². The molecule has 3 rings (SSSR count). The molecule has 0 spiro atoms. The maximum Gasteiger partial charge on any atom is 0.0735 e. The molecule has 0 bridgehead atoms. The van der Waals surface area contributed by atoms with E-state index in [1.807, 2.05) is 11.8 Å². The zero-order valence-electron chi connectivity index (χ0n) is 13.1. The predicted octanol–water partition coefficient (Wildman–Crippen LogP) is 4.82. The summed E-state index contributed by atoms with van der Waals surface area (Å²) >= 11 is 2.04. The first-order valence-corrected chi connectivity index (χ1v) is 9.16. The van der Waals surface area contributed by atoms with Crippen LogP contribution < -0.4 is 5.32 Å². The van der Waals surface area contributed by atoms with E-state index in [9.17, 15) is 0 Å². The van der Waals surface area contributed by atoms with Crippen molar-refractivity contribution in [3.05, 3.63) is 30.3 Å². The van der Waals surface area contributed by atoms with Crippen molar-refractivity contribution >= 4 is 22.7 Å². The first-order valence-electron chi connectivity index (χ1n) is 8.28. The molecule has 21 heavy (non-hydrogen) atoms. The lowest BCUT2D eigenvalue weighted by atomic mass is 9.84. The molecule has 3 unspecified atom stereocenters. The molecule has 0 amide bonds. The molecule has 0 radical (unpaired) electrons. The average Bonchev–Trinajstić information content (AvgIpc) is 2.91. The van der Waals surface area contributed by atoms with E-state index in [1.54, 1.807) is 0 Å². The number of rotatable bonds is 5. The van der Waals surface area contributed by atoms with E-state index >= 15 is 0 Å². The van der Waals surface area contributed by atoms with Gasteiger partial charge in [-0.3, -0.25) is 0 Å². The predicted molar refractivity (Wildman–Crippen MR) is 93.0 cm³/mol. The van der Waals surface area contributed by atoms with E-state index in [0.717, 1.165) is 12.5 Å². The molecule has 1 aromatic heterocycles. The fraction of sp³-hybridized carbons (Fsp3) is 0.556. The summed E-state index contributed by atoms with van der Waals surface area (Å²) in [4.78, 5) is 3.57. The monoisotopic (exact) mass is 302 g/mol. The zero-order chi connectivity index (χ0) is 14.7. The van der Waals surface area contributed by atoms with Gasteiger partial charge in [0.25, 0.3) is 0 Å². The minimum atomic E-state index is 0.661. The van der Waals surface area contributed by atoms with Crippen LogP contribution in [-0.2, 0) is 0 Å². The molecular formula is C18H26N2S. The van der Waals surface area contributed by atoms with Crippen molar-refractivity contribution in [1.29, 1.82) is 0 Å². The second-order valence-corrected chi connectivity index (χ2v) is 7.41. The van der Waals surface area contributed by atoms with Crippen molar-refractivity contribution < 1.29 is 0 Å². The zero-order valence-corrected chi connectivity index (χ0v) is 13.9. The molecule has 0 saturated heterocycles. The minimum absolute atomic E-state index is 0.661. The van der Waals surface area contributed by atoms with Crippen LogP contribution >= 0.6 is 11.8 Å². The average molecular weight is 302 g/mol. The summed E-state index contributed by atoms with van der Waals surface area (Å²) in [6.07, 6.45) is 5.37. The Morgan fingerprint density at radius 1 is 1.24 bits per heavy atom. The van der Waals surface area contributed by atoms with Crippen LogP contribution in [0.25, 0.3) is 10.9 Å². The van der Waals surface area contributed by atoms with Crippen molar-refractivity contribution in [2.24, 2.45) is 5.92 Å². The van der Waals surface area contributed by atoms with Gasteiger partial charge in [0.15, 0.2) is 0 Å². The summed E-state index contributed by atoms with van der Waals surface area (Å²) in [6.45, 7) is 5.63. The Bertz CT molecular complexity index is 544. The summed E-state index contributed by atoms with van der Waals surface area (Å²) in [5.41, 5.74) is 1.25. The number of hydrogen-bond acceptors (Lipinski definition) is 2. The van der Waals surface area contributed by atoms with Gasteiger partial charge >= 0.3 is 0 Å². The number of fused-ring (bicyclic) bond motifs is 1. The number of hydrogen-bond donors (Lipinski definition) is 2. The second kappa shape index (κ2) is 6.89. The van der Waals surface area contributed by atoms with E-state index in [2.05, 4.69) is 54.5 Å². The van der Waals surface area contributed by atoms with Crippen LogP contribution in [0.1, 0.15) is 39.5 Å². The van der Waals surface area contributed by atoms with Crippen molar-refractivity contribution in [1.82, 2.24) is 10.3 Å². The van der Waals surface area contributed by atoms with E-state index < -0.39 is 0 Å². The number of benzene rings is 1. The summed E-state index contributed by atoms with van der Waals surface area (Å²) in [5.74, 6) is 0.904. The smallest absolute Gasteiger partial charge is 0.0735 e. The lowest BCUT2D eigenvalue weighted by Crippen LogP contribution is -2.42. The number of aromatic nitrogens is 1. The summed E-state index contributed by atoms with van der Waals surface area (Å²) in [7, 11) is 0. The fourth-order valence-corrected chi connectivity index (χ4v) is 4.94. The number of thioether (sulfide) groups is 1. The molecular weight excluding hydrogens is 276 g/mol. The molecule has 0 aliphatic heterocycles. The number of aromatic amines is 1. The van der Waals surface area contributed by atoms with E-state index in [1.165, 1.54) is 41.6 Å². The van der Waals surface area contributed by atoms with E-state index in [0.29, 0.717) is 11.3 Å². The summed E-state index contributed by atoms with van der Waals surface area (Å²) in [5, 5.41) is 7.03. The molecule has 1 heterocycles. The van der Waals surface area contributed by atoms with Gasteiger partial charge in [-0.2, -0.15) is 0 Å². The van der Waals surface area contributed by atoms with E-state index in [4.69, 9.17) is 0 Å². The topological polar surface area (TPSA) is 27.8 Å². The molecule has 2 N–H and O–H groups in total. The van der Waals surface area contributed by atoms with Gasteiger partial charge in [-0.05, 0) is 43.9 Å². The van der Waals surface area contributed by atoms with Crippen LogP contribution in [0.5, 0.6) is 0 Å². The first-order chi connectivity index (χ1) is 10.3. The SMILES string of the molecule is CCNC1CCC(CC)CC1Sc1cc2ccccc2[nH]1. The molecule has 1 saturated carbocycles. The molecule has 1 aromatic carbocycles. The highest BCUT2D eigenvalue weighted by atomic mass is 32.2. The van der Waals surface area contributed by atoms with Gasteiger partial charge in [0.2, 0.25) is 0 Å². The number of para-hydroxylation sites is 1. The normalized spacial score (nSPS) is 26.3. The Labute approximate surface area is 132 Å². The van der Waals surface area contributed by atoms with Crippen molar-refractivity contribution in [2.75, 3.05) is 6.54 Å². The molecule has 3 heteroatoms. The van der Waals surface area contributed by atoms with Crippen molar-refractivity contribution in [3.8, 4) is 0 Å². The maximum atomic E-state index is 3.70. The number of H-pyrrole nitrogens is 1. The largest absolute Gasteiger partial charge is 0.350 e. The third-order valence-electron chi connectivity index (χ3n) is 4.73. The van der Waals surface area contributed by atoms with Gasteiger partial charge in [-0.25, -0.2) is 0 Å². The maximum absolute atomic E-state index is 3.70. The van der Waals surface area contributed by atoms with Crippen LogP contribution in [0.15, 0.2) is 35.4 Å². The van der Waals surface area contributed by atoms with Crippen LogP contribution in [0, 0.1) is 5.92 Å².